The summed E-state index contributed by atoms with van der Waals surface area (Å²) in [5.74, 6) is -1.13. The van der Waals surface area contributed by atoms with E-state index in [1.807, 2.05) is 30.6 Å². The maximum absolute atomic E-state index is 13.3. The zero-order valence-electron chi connectivity index (χ0n) is 30.2. The van der Waals surface area contributed by atoms with Gasteiger partial charge in [-0.25, -0.2) is 4.98 Å². The Morgan fingerprint density at radius 3 is 2.38 bits per heavy atom. The Morgan fingerprint density at radius 2 is 1.72 bits per heavy atom. The molecule has 0 aliphatic rings. The Kier molecular flexibility index (Phi) is 11.9. The van der Waals surface area contributed by atoms with Gasteiger partial charge >= 0.3 is 0 Å². The molecule has 0 bridgehead atoms. The van der Waals surface area contributed by atoms with E-state index >= 15 is 0 Å². The molecule has 0 saturated heterocycles. The van der Waals surface area contributed by atoms with Gasteiger partial charge in [0, 0.05) is 37.4 Å². The van der Waals surface area contributed by atoms with Crippen molar-refractivity contribution in [3.8, 4) is 0 Å². The average molecular weight is 702 g/mol. The number of amides is 3. The van der Waals surface area contributed by atoms with Gasteiger partial charge in [-0.05, 0) is 93.2 Å². The molecule has 2 heterocycles. The lowest BCUT2D eigenvalue weighted by atomic mass is 10.0. The van der Waals surface area contributed by atoms with Gasteiger partial charge in [0.2, 0.25) is 17.8 Å². The lowest BCUT2D eigenvalue weighted by molar-refractivity contribution is 0.0992. The number of nitrogen functional groups attached to an aromatic ring is 1. The molecule has 0 unspecified atom stereocenters. The molecule has 0 aliphatic carbocycles. The number of unbranched alkanes of at least 4 members (excludes halogenated alkanes) is 1. The summed E-state index contributed by atoms with van der Waals surface area (Å²) in [6.45, 7) is 16.9. The molecule has 13 nitrogen and oxygen atoms in total. The predicted octanol–water partition coefficient (Wildman–Crippen LogP) is 5.61. The number of benzene rings is 2. The zero-order chi connectivity index (χ0) is 36.8. The quantitative estimate of drug-likeness (QED) is 0.0430. The number of nitrogens with two attached hydrogens (primary N) is 3. The maximum atomic E-state index is 13.3. The first-order valence-corrected chi connectivity index (χ1v) is 19.8. The van der Waals surface area contributed by atoms with E-state index in [1.54, 1.807) is 41.1 Å². The standard InChI is InChI=1S/C36H51N9O4Si/c1-8-45-30(19-23(2)43-45)34(48)42-35-41-28-22-25(32(38)46)14-15-29(28)44(35)17-11-10-16-40-31-24(20-26(33(39)47)21-27(31)37)13-9-12-18-49-50(6,7)36(3,4)5/h10-11,14-15,19-22,40H,8-9,12-13,16-18,37H2,1-7H3,(H2,38,46)(H2,39,47)(H,41,42,48)/b11-10+. The van der Waals surface area contributed by atoms with Crippen LogP contribution >= 0.6 is 0 Å². The minimum absolute atomic E-state index is 0.148. The molecule has 50 heavy (non-hydrogen) atoms. The molecular formula is C36H51N9O4Si. The normalized spacial score (nSPS) is 12.1. The second-order valence-corrected chi connectivity index (χ2v) is 18.7. The summed E-state index contributed by atoms with van der Waals surface area (Å²) in [5, 5.41) is 10.8. The molecule has 0 atom stereocenters. The number of hydrogen-bond acceptors (Lipinski definition) is 8. The van der Waals surface area contributed by atoms with E-state index in [1.165, 1.54) is 0 Å². The molecule has 0 fully saturated rings. The third-order valence-corrected chi connectivity index (χ3v) is 13.7. The molecule has 2 aromatic carbocycles. The number of fused-ring (bicyclic) bond motifs is 1. The maximum Gasteiger partial charge on any atom is 0.276 e. The number of anilines is 3. The average Bonchev–Trinajstić information content (AvgIpc) is 3.59. The van der Waals surface area contributed by atoms with Crippen LogP contribution in [0.2, 0.25) is 18.1 Å². The third-order valence-electron chi connectivity index (χ3n) is 9.19. The smallest absolute Gasteiger partial charge is 0.276 e. The highest BCUT2D eigenvalue weighted by molar-refractivity contribution is 6.74. The number of hydrogen-bond donors (Lipinski definition) is 5. The van der Waals surface area contributed by atoms with E-state index < -0.39 is 20.1 Å². The van der Waals surface area contributed by atoms with Crippen molar-refractivity contribution in [2.24, 2.45) is 11.5 Å². The summed E-state index contributed by atoms with van der Waals surface area (Å²) >= 11 is 0. The van der Waals surface area contributed by atoms with Gasteiger partial charge in [-0.1, -0.05) is 32.9 Å². The van der Waals surface area contributed by atoms with E-state index in [-0.39, 0.29) is 10.9 Å². The monoisotopic (exact) mass is 701 g/mol. The SMILES string of the molecule is CCn1nc(C)cc1C(=O)Nc1nc2cc(C(N)=O)ccc2n1C/C=C/CNc1c(N)cc(C(N)=O)cc1CCCCO[Si](C)(C)C(C)(C)C. The molecule has 4 rings (SSSR count). The molecule has 0 saturated carbocycles. The van der Waals surface area contributed by atoms with Crippen LogP contribution in [-0.2, 0) is 23.9 Å². The molecule has 8 N–H and O–H groups in total. The van der Waals surface area contributed by atoms with Crippen molar-refractivity contribution in [2.75, 3.05) is 29.5 Å². The fraction of sp³-hybridized carbons (Fsp3) is 0.417. The molecular weight excluding hydrogens is 651 g/mol. The van der Waals surface area contributed by atoms with Gasteiger partial charge in [0.25, 0.3) is 5.91 Å². The third kappa shape index (κ3) is 8.98. The molecule has 0 spiro atoms. The Hall–Kier alpha value is -4.95. The number of aryl methyl sites for hydroxylation is 3. The van der Waals surface area contributed by atoms with Gasteiger partial charge < -0.3 is 31.5 Å². The Balaban J connectivity index is 1.49. The van der Waals surface area contributed by atoms with Crippen LogP contribution in [0.5, 0.6) is 0 Å². The summed E-state index contributed by atoms with van der Waals surface area (Å²) in [4.78, 5) is 41.8. The highest BCUT2D eigenvalue weighted by Crippen LogP contribution is 2.36. The summed E-state index contributed by atoms with van der Waals surface area (Å²) in [5.41, 5.74) is 22.7. The van der Waals surface area contributed by atoms with Crippen molar-refractivity contribution in [3.05, 3.63) is 76.6 Å². The summed E-state index contributed by atoms with van der Waals surface area (Å²) in [7, 11) is -1.83. The molecule has 3 amide bonds. The van der Waals surface area contributed by atoms with Crippen LogP contribution in [0, 0.1) is 6.92 Å². The van der Waals surface area contributed by atoms with Crippen molar-refractivity contribution in [1.29, 1.82) is 0 Å². The molecule has 0 aliphatic heterocycles. The number of primary amides is 2. The molecule has 0 radical (unpaired) electrons. The minimum atomic E-state index is -1.83. The van der Waals surface area contributed by atoms with Crippen LogP contribution in [0.4, 0.5) is 17.3 Å². The molecule has 268 valence electrons. The lowest BCUT2D eigenvalue weighted by Crippen LogP contribution is -2.40. The molecule has 14 heteroatoms. The van der Waals surface area contributed by atoms with E-state index in [4.69, 9.17) is 21.6 Å². The first-order chi connectivity index (χ1) is 23.5. The van der Waals surface area contributed by atoms with Gasteiger partial charge in [-0.15, -0.1) is 0 Å². The Bertz CT molecular complexity index is 1900. The van der Waals surface area contributed by atoms with Crippen molar-refractivity contribution in [1.82, 2.24) is 19.3 Å². The number of rotatable bonds is 16. The Labute approximate surface area is 294 Å². The number of imidazole rings is 1. The number of aromatic nitrogens is 4. The van der Waals surface area contributed by atoms with E-state index in [9.17, 15) is 14.4 Å². The first-order valence-electron chi connectivity index (χ1n) is 16.9. The summed E-state index contributed by atoms with van der Waals surface area (Å²) in [6.07, 6.45) is 6.33. The number of carbonyl (C=O) groups is 3. The second kappa shape index (κ2) is 15.7. The van der Waals surface area contributed by atoms with Crippen LogP contribution < -0.4 is 27.8 Å². The highest BCUT2D eigenvalue weighted by atomic mass is 28.4. The fourth-order valence-electron chi connectivity index (χ4n) is 5.37. The zero-order valence-corrected chi connectivity index (χ0v) is 31.2. The highest BCUT2D eigenvalue weighted by Gasteiger charge is 2.36. The van der Waals surface area contributed by atoms with E-state index in [2.05, 4.69) is 54.6 Å². The number of allylic oxidation sites excluding steroid dienone is 1. The van der Waals surface area contributed by atoms with Crippen molar-refractivity contribution in [2.45, 2.75) is 85.1 Å². The van der Waals surface area contributed by atoms with Crippen LogP contribution in [-0.4, -0.2) is 58.5 Å². The summed E-state index contributed by atoms with van der Waals surface area (Å²) < 4.78 is 9.82. The first kappa shape index (κ1) is 37.9. The van der Waals surface area contributed by atoms with Crippen LogP contribution in [0.15, 0.2) is 48.6 Å². The Morgan fingerprint density at radius 1 is 1.00 bits per heavy atom. The molecule has 4 aromatic rings. The van der Waals surface area contributed by atoms with Gasteiger partial charge in [-0.3, -0.25) is 24.4 Å². The van der Waals surface area contributed by atoms with Crippen LogP contribution in [0.25, 0.3) is 11.0 Å². The largest absolute Gasteiger partial charge is 0.417 e. The van der Waals surface area contributed by atoms with Crippen LogP contribution in [0.3, 0.4) is 0 Å². The number of carbonyl (C=O) groups excluding carboxylic acids is 3. The van der Waals surface area contributed by atoms with E-state index in [0.29, 0.717) is 72.2 Å². The fourth-order valence-corrected chi connectivity index (χ4v) is 6.45. The second-order valence-electron chi connectivity index (χ2n) is 13.9. The van der Waals surface area contributed by atoms with Crippen LogP contribution in [0.1, 0.15) is 83.0 Å². The van der Waals surface area contributed by atoms with Gasteiger partial charge in [-0.2, -0.15) is 5.10 Å². The predicted molar refractivity (Wildman–Crippen MR) is 202 cm³/mol. The van der Waals surface area contributed by atoms with Gasteiger partial charge in [0.15, 0.2) is 8.32 Å². The summed E-state index contributed by atoms with van der Waals surface area (Å²) in [6, 6.07) is 10.1. The topological polar surface area (TPSA) is 198 Å². The molecule has 2 aromatic heterocycles. The lowest BCUT2D eigenvalue weighted by Gasteiger charge is -2.36. The number of nitrogens with zero attached hydrogens (tertiary/aromatic N) is 4. The minimum Gasteiger partial charge on any atom is -0.417 e. The van der Waals surface area contributed by atoms with Gasteiger partial charge in [0.1, 0.15) is 5.69 Å². The number of nitrogens with one attached hydrogen (secondary N) is 2. The van der Waals surface area contributed by atoms with E-state index in [0.717, 1.165) is 29.8 Å². The van der Waals surface area contributed by atoms with Crippen molar-refractivity contribution in [3.63, 3.8) is 0 Å². The van der Waals surface area contributed by atoms with Crippen molar-refractivity contribution >= 4 is 54.4 Å². The van der Waals surface area contributed by atoms with Crippen molar-refractivity contribution < 1.29 is 18.8 Å². The van der Waals surface area contributed by atoms with Gasteiger partial charge in [0.05, 0.1) is 28.1 Å².